The summed E-state index contributed by atoms with van der Waals surface area (Å²) in [7, 11) is -3.36. The molecule has 0 spiro atoms. The number of sulfone groups is 1. The second-order valence-electron chi connectivity index (χ2n) is 3.24. The number of nitrogens with two attached hydrogens (primary N) is 1. The van der Waals surface area contributed by atoms with E-state index in [1.807, 2.05) is 0 Å². The molecule has 0 radical (unpaired) electrons. The number of carbonyl (C=O) groups is 1. The van der Waals surface area contributed by atoms with Crippen LogP contribution in [-0.4, -0.2) is 25.9 Å². The Bertz CT molecular complexity index is 499. The van der Waals surface area contributed by atoms with Crippen LogP contribution in [0.15, 0.2) is 29.2 Å². The molecule has 2 N–H and O–H groups in total. The Morgan fingerprint density at radius 2 is 2.06 bits per heavy atom. The minimum atomic E-state index is -3.36. The van der Waals surface area contributed by atoms with Gasteiger partial charge in [0.2, 0.25) is 0 Å². The van der Waals surface area contributed by atoms with Crippen molar-refractivity contribution in [3.63, 3.8) is 0 Å². The molecule has 1 aromatic carbocycles. The largest absolute Gasteiger partial charge is 0.445 e. The Morgan fingerprint density at radius 1 is 1.41 bits per heavy atom. The third-order valence-electron chi connectivity index (χ3n) is 1.95. The Balaban J connectivity index is 3.03. The van der Waals surface area contributed by atoms with Crippen LogP contribution >= 0.6 is 11.8 Å². The van der Waals surface area contributed by atoms with Gasteiger partial charge in [0.05, 0.1) is 4.90 Å². The van der Waals surface area contributed by atoms with Crippen molar-refractivity contribution in [3.05, 3.63) is 29.8 Å². The van der Waals surface area contributed by atoms with Crippen molar-refractivity contribution in [2.24, 2.45) is 5.73 Å². The lowest BCUT2D eigenvalue weighted by Gasteiger charge is -2.09. The first-order chi connectivity index (χ1) is 7.97. The van der Waals surface area contributed by atoms with Crippen molar-refractivity contribution < 1.29 is 17.9 Å². The molecule has 1 aromatic rings. The molecule has 5 nitrogen and oxygen atoms in total. The predicted molar refractivity (Wildman–Crippen MR) is 66.4 cm³/mol. The summed E-state index contributed by atoms with van der Waals surface area (Å²) in [5, 5.41) is -0.0133. The normalized spacial score (nSPS) is 11.1. The molecule has 0 atom stereocenters. The van der Waals surface area contributed by atoms with Gasteiger partial charge in [0, 0.05) is 5.56 Å². The first kappa shape index (κ1) is 13.9. The number of thioether (sulfide) groups is 1. The number of primary amides is 1. The highest BCUT2D eigenvalue weighted by molar-refractivity contribution is 8.12. The van der Waals surface area contributed by atoms with Crippen molar-refractivity contribution >= 4 is 27.7 Å². The Kier molecular flexibility index (Phi) is 4.83. The lowest BCUT2D eigenvalue weighted by atomic mass is 10.2. The summed E-state index contributed by atoms with van der Waals surface area (Å²) in [6.07, 6.45) is 0.780. The molecule has 7 heteroatoms. The first-order valence-corrected chi connectivity index (χ1v) is 7.74. The van der Waals surface area contributed by atoms with Crippen molar-refractivity contribution in [2.75, 3.05) is 11.3 Å². The smallest absolute Gasteiger partial charge is 0.404 e. The fourth-order valence-corrected chi connectivity index (χ4v) is 3.86. The third-order valence-corrected chi connectivity index (χ3v) is 5.20. The van der Waals surface area contributed by atoms with Crippen LogP contribution in [0.25, 0.3) is 0 Å². The molecule has 0 fully saturated rings. The van der Waals surface area contributed by atoms with Crippen LogP contribution < -0.4 is 5.73 Å². The van der Waals surface area contributed by atoms with Gasteiger partial charge in [0.15, 0.2) is 9.84 Å². The Labute approximate surface area is 104 Å². The summed E-state index contributed by atoms with van der Waals surface area (Å²) >= 11 is 1.22. The minimum absolute atomic E-state index is 0.0133. The molecular formula is C10H13NO4S2. The van der Waals surface area contributed by atoms with Crippen LogP contribution in [0.3, 0.4) is 0 Å². The molecule has 17 heavy (non-hydrogen) atoms. The molecule has 0 aromatic heterocycles. The van der Waals surface area contributed by atoms with E-state index in [1.165, 1.54) is 17.8 Å². The van der Waals surface area contributed by atoms with Crippen LogP contribution in [0.2, 0.25) is 0 Å². The summed E-state index contributed by atoms with van der Waals surface area (Å²) in [5.74, 6) is 0. The molecule has 0 saturated heterocycles. The monoisotopic (exact) mass is 275 g/mol. The van der Waals surface area contributed by atoms with Crippen LogP contribution in [0.5, 0.6) is 0 Å². The summed E-state index contributed by atoms with van der Waals surface area (Å²) in [4.78, 5) is 10.7. The number of carbonyl (C=O) groups excluding carboxylic acids is 1. The average Bonchev–Trinajstić information content (AvgIpc) is 2.26. The summed E-state index contributed by atoms with van der Waals surface area (Å²) in [5.41, 5.74) is 5.27. The van der Waals surface area contributed by atoms with Gasteiger partial charge in [-0.2, -0.15) is 0 Å². The SMILES string of the molecule is CSCS(=O)(=O)c1ccccc1COC(N)=O. The van der Waals surface area contributed by atoms with Gasteiger partial charge in [-0.05, 0) is 12.3 Å². The van der Waals surface area contributed by atoms with Crippen molar-refractivity contribution in [1.29, 1.82) is 0 Å². The van der Waals surface area contributed by atoms with Gasteiger partial charge in [-0.3, -0.25) is 0 Å². The second kappa shape index (κ2) is 5.92. The topological polar surface area (TPSA) is 86.5 Å². The summed E-state index contributed by atoms with van der Waals surface area (Å²) < 4.78 is 28.4. The number of hydrogen-bond acceptors (Lipinski definition) is 5. The van der Waals surface area contributed by atoms with E-state index in [0.29, 0.717) is 5.56 Å². The molecule has 0 unspecified atom stereocenters. The van der Waals surface area contributed by atoms with E-state index in [-0.39, 0.29) is 16.6 Å². The highest BCUT2D eigenvalue weighted by Gasteiger charge is 2.18. The highest BCUT2D eigenvalue weighted by Crippen LogP contribution is 2.20. The van der Waals surface area contributed by atoms with E-state index in [2.05, 4.69) is 4.74 Å². The number of hydrogen-bond donors (Lipinski definition) is 1. The Morgan fingerprint density at radius 3 is 2.65 bits per heavy atom. The molecule has 0 saturated carbocycles. The van der Waals surface area contributed by atoms with Gasteiger partial charge in [-0.1, -0.05) is 18.2 Å². The van der Waals surface area contributed by atoms with Crippen LogP contribution in [0.1, 0.15) is 5.56 Å². The lowest BCUT2D eigenvalue weighted by molar-refractivity contribution is 0.149. The Hall–Kier alpha value is -1.21. The van der Waals surface area contributed by atoms with Crippen molar-refractivity contribution in [2.45, 2.75) is 11.5 Å². The van der Waals surface area contributed by atoms with Gasteiger partial charge < -0.3 is 10.5 Å². The molecule has 1 amide bonds. The van der Waals surface area contributed by atoms with Crippen molar-refractivity contribution in [3.8, 4) is 0 Å². The molecule has 0 heterocycles. The van der Waals surface area contributed by atoms with Gasteiger partial charge in [0.25, 0.3) is 0 Å². The lowest BCUT2D eigenvalue weighted by Crippen LogP contribution is -2.14. The maximum atomic E-state index is 11.9. The molecule has 0 bridgehead atoms. The number of ether oxygens (including phenoxy) is 1. The van der Waals surface area contributed by atoms with E-state index in [9.17, 15) is 13.2 Å². The fraction of sp³-hybridized carbons (Fsp3) is 0.300. The quantitative estimate of drug-likeness (QED) is 0.877. The molecule has 0 aliphatic rings. The number of benzene rings is 1. The van der Waals surface area contributed by atoms with Crippen LogP contribution in [-0.2, 0) is 21.2 Å². The molecule has 0 aliphatic heterocycles. The third kappa shape index (κ3) is 3.94. The van der Waals surface area contributed by atoms with Crippen molar-refractivity contribution in [1.82, 2.24) is 0 Å². The first-order valence-electron chi connectivity index (χ1n) is 4.69. The van der Waals surface area contributed by atoms with E-state index in [1.54, 1.807) is 24.5 Å². The highest BCUT2D eigenvalue weighted by atomic mass is 32.3. The second-order valence-corrected chi connectivity index (χ2v) is 6.43. The van der Waals surface area contributed by atoms with Gasteiger partial charge in [-0.15, -0.1) is 11.8 Å². The van der Waals surface area contributed by atoms with E-state index in [0.717, 1.165) is 0 Å². The minimum Gasteiger partial charge on any atom is -0.445 e. The number of amides is 1. The van der Waals surface area contributed by atoms with Crippen LogP contribution in [0.4, 0.5) is 4.79 Å². The maximum Gasteiger partial charge on any atom is 0.404 e. The van der Waals surface area contributed by atoms with Gasteiger partial charge in [-0.25, -0.2) is 13.2 Å². The van der Waals surface area contributed by atoms with E-state index in [4.69, 9.17) is 5.73 Å². The maximum absolute atomic E-state index is 11.9. The number of rotatable bonds is 5. The fourth-order valence-electron chi connectivity index (χ4n) is 1.29. The molecule has 0 aliphatic carbocycles. The zero-order valence-electron chi connectivity index (χ0n) is 9.25. The summed E-state index contributed by atoms with van der Waals surface area (Å²) in [6, 6.07) is 6.39. The molecule has 94 valence electrons. The summed E-state index contributed by atoms with van der Waals surface area (Å²) in [6.45, 7) is -0.140. The standard InChI is InChI=1S/C10H13NO4S2/c1-16-7-17(13,14)9-5-3-2-4-8(9)6-15-10(11)12/h2-5H,6-7H2,1H3,(H2,11,12). The van der Waals surface area contributed by atoms with Crippen LogP contribution in [0, 0.1) is 0 Å². The average molecular weight is 275 g/mol. The van der Waals surface area contributed by atoms with Gasteiger partial charge in [0.1, 0.15) is 11.7 Å². The zero-order chi connectivity index (χ0) is 12.9. The van der Waals surface area contributed by atoms with E-state index >= 15 is 0 Å². The predicted octanol–water partition coefficient (Wildman–Crippen LogP) is 1.38. The van der Waals surface area contributed by atoms with E-state index < -0.39 is 15.9 Å². The zero-order valence-corrected chi connectivity index (χ0v) is 10.9. The molecular weight excluding hydrogens is 262 g/mol. The molecule has 1 rings (SSSR count). The van der Waals surface area contributed by atoms with Gasteiger partial charge >= 0.3 is 6.09 Å².